The maximum Gasteiger partial charge on any atom is 0.527 e. The Morgan fingerprint density at radius 3 is 0.810 bits per heavy atom. The lowest BCUT2D eigenvalue weighted by Gasteiger charge is -2.43. The van der Waals surface area contributed by atoms with Gasteiger partial charge in [0.1, 0.15) is 5.97 Å². The summed E-state index contributed by atoms with van der Waals surface area (Å²) < 4.78 is 303. The maximum absolute atomic E-state index is 14.1. The first-order valence-electron chi connectivity index (χ1n) is 8.14. The summed E-state index contributed by atoms with van der Waals surface area (Å²) >= 11 is 0. The molecule has 0 aromatic heterocycles. The molecule has 0 spiro atoms. The quantitative estimate of drug-likeness (QED) is 0.276. The van der Waals surface area contributed by atoms with Crippen molar-refractivity contribution < 1.29 is 130 Å². The highest BCUT2D eigenvalue weighted by Crippen LogP contribution is 2.59. The number of halogens is 23. The van der Waals surface area contributed by atoms with Crippen LogP contribution < -0.4 is 11.3 Å². The average molecular weight is 695 g/mol. The van der Waals surface area contributed by atoms with E-state index in [0.717, 1.165) is 14.2 Å². The highest BCUT2D eigenvalue weighted by atomic mass is 19.4. The second kappa shape index (κ2) is 11.0. The van der Waals surface area contributed by atoms with Gasteiger partial charge in [0.25, 0.3) is 0 Å². The standard InChI is InChI=1S/C12HF23O6.H3N/c13-2(14,1(36)37)38-3(15,6(18,19)20)9(27,28)39-4(16,7(21,22)23)10(29,30)40-5(17,8(24,25)26)11(31,32)41-12(33,34)35;/h(H,36,37);1H3. The third-order valence-electron chi connectivity index (χ3n) is 3.50. The summed E-state index contributed by atoms with van der Waals surface area (Å²) in [6.07, 6.45) is -64.9. The number of hydrogen-bond donors (Lipinski definition) is 1. The van der Waals surface area contributed by atoms with Crippen LogP contribution in [0.4, 0.5) is 101 Å². The van der Waals surface area contributed by atoms with Crippen molar-refractivity contribution in [1.29, 1.82) is 0 Å². The van der Waals surface area contributed by atoms with Crippen molar-refractivity contribution in [1.82, 2.24) is 6.15 Å². The second-order valence-corrected chi connectivity index (χ2v) is 6.49. The third-order valence-corrected chi connectivity index (χ3v) is 3.50. The van der Waals surface area contributed by atoms with Crippen LogP contribution in [-0.2, 0) is 23.7 Å². The summed E-state index contributed by atoms with van der Waals surface area (Å²) in [5.41, 5.74) is 0. The number of quaternary nitrogens is 1. The zero-order valence-electron chi connectivity index (χ0n) is 18.1. The van der Waals surface area contributed by atoms with Crippen molar-refractivity contribution in [2.24, 2.45) is 0 Å². The SMILES string of the molecule is O=C([O-])C(F)(F)OC(F)(C(F)(F)F)C(F)(F)OC(F)(C(F)(F)F)C(F)(F)OC(F)(C(F)(F)F)C(F)(F)OC(F)(F)F.[NH4+]. The third kappa shape index (κ3) is 7.59. The van der Waals surface area contributed by atoms with Crippen molar-refractivity contribution in [2.75, 3.05) is 0 Å². The first-order valence-corrected chi connectivity index (χ1v) is 8.14. The lowest BCUT2D eigenvalue weighted by Crippen LogP contribution is -2.71. The van der Waals surface area contributed by atoms with Crippen LogP contribution in [0.25, 0.3) is 0 Å². The lowest BCUT2D eigenvalue weighted by molar-refractivity contribution is -0.590. The molecule has 4 N–H and O–H groups in total. The Labute approximate surface area is 210 Å². The van der Waals surface area contributed by atoms with Gasteiger partial charge in [0, 0.05) is 0 Å². The predicted octanol–water partition coefficient (Wildman–Crippen LogP) is 5.75. The summed E-state index contributed by atoms with van der Waals surface area (Å²) in [5.74, 6) is -30.1. The molecule has 0 rings (SSSR count). The predicted molar refractivity (Wildman–Crippen MR) is 70.9 cm³/mol. The van der Waals surface area contributed by atoms with E-state index in [1.807, 2.05) is 0 Å². The smallest absolute Gasteiger partial charge is 0.527 e. The van der Waals surface area contributed by atoms with E-state index in [-0.39, 0.29) is 6.15 Å². The van der Waals surface area contributed by atoms with Crippen LogP contribution in [-0.4, -0.2) is 72.9 Å². The molecule has 0 heterocycles. The van der Waals surface area contributed by atoms with Gasteiger partial charge in [-0.3, -0.25) is 14.2 Å². The van der Waals surface area contributed by atoms with Gasteiger partial charge in [-0.05, 0) is 0 Å². The molecule has 254 valence electrons. The molecule has 0 aliphatic rings. The summed E-state index contributed by atoms with van der Waals surface area (Å²) in [7, 11) is 0. The van der Waals surface area contributed by atoms with Crippen LogP contribution in [0.15, 0.2) is 0 Å². The number of alkyl halides is 23. The molecular formula is C12H4F23NO6. The van der Waals surface area contributed by atoms with Gasteiger partial charge in [-0.2, -0.15) is 87.8 Å². The summed E-state index contributed by atoms with van der Waals surface area (Å²) in [5, 5.41) is 9.89. The van der Waals surface area contributed by atoms with Crippen LogP contribution in [0.2, 0.25) is 0 Å². The molecule has 42 heavy (non-hydrogen) atoms. The van der Waals surface area contributed by atoms with Crippen molar-refractivity contribution in [3.8, 4) is 0 Å². The molecule has 0 fully saturated rings. The number of hydrogen-bond acceptors (Lipinski definition) is 6. The Hall–Kier alpha value is -2.34. The largest absolute Gasteiger partial charge is 0.542 e. The van der Waals surface area contributed by atoms with E-state index < -0.39 is 72.9 Å². The van der Waals surface area contributed by atoms with Gasteiger partial charge in [-0.15, -0.1) is 13.2 Å². The number of carbonyl (C=O) groups is 1. The molecule has 0 aromatic rings. The van der Waals surface area contributed by atoms with Crippen LogP contribution in [0.1, 0.15) is 0 Å². The van der Waals surface area contributed by atoms with Gasteiger partial charge in [0.05, 0.1) is 0 Å². The molecule has 0 amide bonds. The van der Waals surface area contributed by atoms with Crippen molar-refractivity contribution in [3.05, 3.63) is 0 Å². The Bertz CT molecular complexity index is 956. The van der Waals surface area contributed by atoms with Gasteiger partial charge in [0.2, 0.25) is 0 Å². The normalized spacial score (nSPS) is 19.3. The van der Waals surface area contributed by atoms with Crippen LogP contribution in [0, 0.1) is 0 Å². The number of ether oxygens (including phenoxy) is 4. The number of aliphatic carboxylic acids is 1. The molecule has 3 atom stereocenters. The Kier molecular flexibility index (Phi) is 10.9. The van der Waals surface area contributed by atoms with E-state index in [0.29, 0.717) is 0 Å². The van der Waals surface area contributed by atoms with E-state index in [4.69, 9.17) is 0 Å². The molecule has 0 radical (unpaired) electrons. The zero-order chi connectivity index (χ0) is 33.9. The molecule has 7 nitrogen and oxygen atoms in total. The molecule has 0 saturated heterocycles. The number of carboxylic acid groups (broad SMARTS) is 1. The number of carboxylic acids is 1. The van der Waals surface area contributed by atoms with Gasteiger partial charge >= 0.3 is 66.9 Å². The highest BCUT2D eigenvalue weighted by molar-refractivity contribution is 5.71. The fraction of sp³-hybridized carbons (Fsp3) is 0.917. The van der Waals surface area contributed by atoms with E-state index in [9.17, 15) is 111 Å². The fourth-order valence-electron chi connectivity index (χ4n) is 1.76. The molecule has 30 heteroatoms. The summed E-state index contributed by atoms with van der Waals surface area (Å²) in [6, 6.07) is 0. The van der Waals surface area contributed by atoms with Gasteiger partial charge in [0.15, 0.2) is 0 Å². The topological polar surface area (TPSA) is 114 Å². The highest BCUT2D eigenvalue weighted by Gasteiger charge is 2.88. The van der Waals surface area contributed by atoms with E-state index in [2.05, 4.69) is 0 Å². The first kappa shape index (κ1) is 41.8. The van der Waals surface area contributed by atoms with Crippen molar-refractivity contribution in [3.63, 3.8) is 0 Å². The molecule has 3 unspecified atom stereocenters. The maximum atomic E-state index is 14.1. The van der Waals surface area contributed by atoms with Crippen molar-refractivity contribution in [2.45, 2.75) is 66.9 Å². The Morgan fingerprint density at radius 2 is 0.619 bits per heavy atom. The van der Waals surface area contributed by atoms with Crippen LogP contribution in [0.5, 0.6) is 0 Å². The minimum absolute atomic E-state index is 0. The van der Waals surface area contributed by atoms with E-state index >= 15 is 0 Å². The zero-order valence-corrected chi connectivity index (χ0v) is 18.1. The van der Waals surface area contributed by atoms with E-state index in [1.54, 1.807) is 0 Å². The second-order valence-electron chi connectivity index (χ2n) is 6.49. The molecule has 0 aliphatic carbocycles. The fourth-order valence-corrected chi connectivity index (χ4v) is 1.76. The number of carbonyl (C=O) groups excluding carboxylic acids is 1. The van der Waals surface area contributed by atoms with Crippen LogP contribution in [0.3, 0.4) is 0 Å². The van der Waals surface area contributed by atoms with Crippen molar-refractivity contribution >= 4 is 5.97 Å². The monoisotopic (exact) mass is 695 g/mol. The lowest BCUT2D eigenvalue weighted by atomic mass is 10.2. The van der Waals surface area contributed by atoms with Gasteiger partial charge in [-0.25, -0.2) is 4.74 Å². The molecule has 0 saturated carbocycles. The molecular weight excluding hydrogens is 691 g/mol. The Morgan fingerprint density at radius 1 is 0.405 bits per heavy atom. The van der Waals surface area contributed by atoms with Gasteiger partial charge < -0.3 is 16.1 Å². The van der Waals surface area contributed by atoms with E-state index in [1.165, 1.54) is 4.74 Å². The summed E-state index contributed by atoms with van der Waals surface area (Å²) in [4.78, 5) is 9.89. The average Bonchev–Trinajstić information content (AvgIpc) is 2.61. The molecule has 0 aliphatic heterocycles. The molecule has 0 aromatic carbocycles. The molecule has 0 bridgehead atoms. The minimum atomic E-state index is -8.82. The first-order chi connectivity index (χ1) is 17.3. The minimum Gasteiger partial charge on any atom is -0.542 e. The van der Waals surface area contributed by atoms with Gasteiger partial charge in [-0.1, -0.05) is 0 Å². The Balaban J connectivity index is 0. The summed E-state index contributed by atoms with van der Waals surface area (Å²) in [6.45, 7) is 0. The van der Waals surface area contributed by atoms with Crippen LogP contribution >= 0.6 is 0 Å². The number of rotatable bonds is 11.